The van der Waals surface area contributed by atoms with E-state index in [2.05, 4.69) is 11.2 Å². The van der Waals surface area contributed by atoms with E-state index >= 15 is 0 Å². The zero-order chi connectivity index (χ0) is 7.68. The van der Waals surface area contributed by atoms with Crippen molar-refractivity contribution in [1.82, 2.24) is 9.38 Å². The molecule has 0 bridgehead atoms. The van der Waals surface area contributed by atoms with Gasteiger partial charge in [0, 0.05) is 6.20 Å². The van der Waals surface area contributed by atoms with E-state index in [9.17, 15) is 0 Å². The topological polar surface area (TPSA) is 41.1 Å². The molecule has 0 aliphatic carbocycles. The van der Waals surface area contributed by atoms with Gasteiger partial charge in [0.05, 0.1) is 18.0 Å². The lowest BCUT2D eigenvalue weighted by atomic mass is 10.3. The van der Waals surface area contributed by atoms with E-state index in [-0.39, 0.29) is 0 Å². The fourth-order valence-corrected chi connectivity index (χ4v) is 0.925. The Kier molecular flexibility index (Phi) is 1.13. The monoisotopic (exact) mass is 142 g/mol. The first-order valence-corrected chi connectivity index (χ1v) is 3.15. The van der Waals surface area contributed by atoms with Crippen LogP contribution in [0.1, 0.15) is 5.56 Å². The highest BCUT2D eigenvalue weighted by atomic mass is 15.0. The lowest BCUT2D eigenvalue weighted by Crippen LogP contribution is -1.84. The molecule has 0 atom stereocenters. The Morgan fingerprint density at radius 1 is 1.55 bits per heavy atom. The van der Waals surface area contributed by atoms with Gasteiger partial charge in [-0.3, -0.25) is 4.40 Å². The average Bonchev–Trinajstić information content (AvgIpc) is 2.50. The second-order valence-electron chi connectivity index (χ2n) is 2.15. The van der Waals surface area contributed by atoms with Crippen molar-refractivity contribution < 1.29 is 0 Å². The SMILES string of the molecule is N#Cc1ccc2nc[c]n2c1. The second kappa shape index (κ2) is 2.10. The molecule has 3 nitrogen and oxygen atoms in total. The molecule has 0 spiro atoms. The molecule has 0 saturated carbocycles. The molecule has 0 saturated heterocycles. The molecule has 0 N–H and O–H groups in total. The van der Waals surface area contributed by atoms with Gasteiger partial charge in [0.1, 0.15) is 11.7 Å². The van der Waals surface area contributed by atoms with E-state index in [1.165, 1.54) is 0 Å². The van der Waals surface area contributed by atoms with Crippen LogP contribution in [0.5, 0.6) is 0 Å². The minimum Gasteiger partial charge on any atom is -0.297 e. The van der Waals surface area contributed by atoms with E-state index in [0.717, 1.165) is 5.65 Å². The summed E-state index contributed by atoms with van der Waals surface area (Å²) in [5.41, 5.74) is 1.43. The Bertz CT molecular complexity index is 422. The first kappa shape index (κ1) is 5.93. The molecule has 2 aromatic heterocycles. The zero-order valence-electron chi connectivity index (χ0n) is 5.65. The maximum absolute atomic E-state index is 8.54. The first-order chi connectivity index (χ1) is 5.40. The standard InChI is InChI=1S/C8H4N3/c9-5-7-1-2-8-10-3-4-11(8)6-7/h1-3,6H. The van der Waals surface area contributed by atoms with Gasteiger partial charge in [-0.15, -0.1) is 0 Å². The van der Waals surface area contributed by atoms with Crippen LogP contribution < -0.4 is 0 Å². The number of rotatable bonds is 0. The third-order valence-electron chi connectivity index (χ3n) is 1.45. The molecule has 0 fully saturated rings. The van der Waals surface area contributed by atoms with Crippen LogP contribution in [-0.2, 0) is 0 Å². The number of nitriles is 1. The predicted octanol–water partition coefficient (Wildman–Crippen LogP) is 1.01. The second-order valence-corrected chi connectivity index (χ2v) is 2.15. The smallest absolute Gasteiger partial charge is 0.137 e. The summed E-state index contributed by atoms with van der Waals surface area (Å²) in [5, 5.41) is 8.54. The highest BCUT2D eigenvalue weighted by Gasteiger charge is 1.93. The fourth-order valence-electron chi connectivity index (χ4n) is 0.925. The number of aromatic nitrogens is 2. The molecular formula is C8H4N3. The molecule has 0 aliphatic rings. The Morgan fingerprint density at radius 2 is 2.45 bits per heavy atom. The van der Waals surface area contributed by atoms with Crippen LogP contribution in [0.2, 0.25) is 0 Å². The lowest BCUT2D eigenvalue weighted by molar-refractivity contribution is 1.16. The van der Waals surface area contributed by atoms with Gasteiger partial charge >= 0.3 is 0 Å². The van der Waals surface area contributed by atoms with Gasteiger partial charge in [0.2, 0.25) is 0 Å². The molecule has 2 aromatic rings. The van der Waals surface area contributed by atoms with Gasteiger partial charge in [-0.1, -0.05) is 0 Å². The number of imidazole rings is 1. The number of hydrogen-bond acceptors (Lipinski definition) is 2. The van der Waals surface area contributed by atoms with Crippen LogP contribution >= 0.6 is 0 Å². The molecule has 1 radical (unpaired) electrons. The first-order valence-electron chi connectivity index (χ1n) is 3.15. The molecular weight excluding hydrogens is 138 g/mol. The van der Waals surface area contributed by atoms with Crippen molar-refractivity contribution in [2.75, 3.05) is 0 Å². The summed E-state index contributed by atoms with van der Waals surface area (Å²) in [4.78, 5) is 3.99. The van der Waals surface area contributed by atoms with E-state index in [1.54, 1.807) is 28.9 Å². The predicted molar refractivity (Wildman–Crippen MR) is 38.7 cm³/mol. The van der Waals surface area contributed by atoms with Gasteiger partial charge in [-0.2, -0.15) is 5.26 Å². The molecule has 11 heavy (non-hydrogen) atoms. The Labute approximate surface area is 63.5 Å². The number of nitrogens with zero attached hydrogens (tertiary/aromatic N) is 3. The van der Waals surface area contributed by atoms with E-state index in [4.69, 9.17) is 5.26 Å². The zero-order valence-corrected chi connectivity index (χ0v) is 5.65. The van der Waals surface area contributed by atoms with E-state index in [0.29, 0.717) is 5.56 Å². The Morgan fingerprint density at radius 3 is 3.27 bits per heavy atom. The van der Waals surface area contributed by atoms with Crippen molar-refractivity contribution in [1.29, 1.82) is 5.26 Å². The largest absolute Gasteiger partial charge is 0.297 e. The van der Waals surface area contributed by atoms with Gasteiger partial charge in [-0.25, -0.2) is 4.98 Å². The van der Waals surface area contributed by atoms with Crippen molar-refractivity contribution >= 4 is 5.65 Å². The van der Waals surface area contributed by atoms with Crippen LogP contribution in [0.15, 0.2) is 24.5 Å². The van der Waals surface area contributed by atoms with Crippen molar-refractivity contribution in [3.05, 3.63) is 36.3 Å². The molecule has 0 aliphatic heterocycles. The van der Waals surface area contributed by atoms with Gasteiger partial charge in [-0.05, 0) is 12.1 Å². The van der Waals surface area contributed by atoms with Crippen LogP contribution in [0.4, 0.5) is 0 Å². The van der Waals surface area contributed by atoms with Crippen LogP contribution in [0, 0.1) is 17.5 Å². The normalized spacial score (nSPS) is 9.73. The van der Waals surface area contributed by atoms with Gasteiger partial charge < -0.3 is 0 Å². The summed E-state index contributed by atoms with van der Waals surface area (Å²) in [7, 11) is 0. The summed E-state index contributed by atoms with van der Waals surface area (Å²) in [6.45, 7) is 0. The highest BCUT2D eigenvalue weighted by molar-refractivity contribution is 5.42. The van der Waals surface area contributed by atoms with E-state index in [1.807, 2.05) is 6.07 Å². The third-order valence-corrected chi connectivity index (χ3v) is 1.45. The molecule has 2 heterocycles. The lowest BCUT2D eigenvalue weighted by Gasteiger charge is -1.90. The van der Waals surface area contributed by atoms with Gasteiger partial charge in [0.15, 0.2) is 0 Å². The Balaban J connectivity index is 2.79. The van der Waals surface area contributed by atoms with Gasteiger partial charge in [0.25, 0.3) is 0 Å². The maximum atomic E-state index is 8.54. The Hall–Kier alpha value is -1.82. The summed E-state index contributed by atoms with van der Waals surface area (Å²) < 4.78 is 1.69. The molecule has 0 aromatic carbocycles. The molecule has 0 amide bonds. The average molecular weight is 142 g/mol. The number of pyridine rings is 1. The van der Waals surface area contributed by atoms with E-state index < -0.39 is 0 Å². The summed E-state index contributed by atoms with van der Waals surface area (Å²) in [6.07, 6.45) is 6.13. The highest BCUT2D eigenvalue weighted by Crippen LogP contribution is 2.01. The van der Waals surface area contributed by atoms with Crippen LogP contribution in [0.25, 0.3) is 5.65 Å². The summed E-state index contributed by atoms with van der Waals surface area (Å²) in [6, 6.07) is 5.56. The molecule has 3 heteroatoms. The number of hydrogen-bond donors (Lipinski definition) is 0. The molecule has 2 rings (SSSR count). The number of fused-ring (bicyclic) bond motifs is 1. The van der Waals surface area contributed by atoms with Crippen molar-refractivity contribution in [2.45, 2.75) is 0 Å². The summed E-state index contributed by atoms with van der Waals surface area (Å²) in [5.74, 6) is 0. The van der Waals surface area contributed by atoms with Crippen molar-refractivity contribution in [3.8, 4) is 6.07 Å². The minimum atomic E-state index is 0.617. The maximum Gasteiger partial charge on any atom is 0.137 e. The fraction of sp³-hybridized carbons (Fsp3) is 0. The van der Waals surface area contributed by atoms with Crippen molar-refractivity contribution in [2.24, 2.45) is 0 Å². The minimum absolute atomic E-state index is 0.617. The third kappa shape index (κ3) is 0.849. The van der Waals surface area contributed by atoms with Crippen LogP contribution in [0.3, 0.4) is 0 Å². The summed E-state index contributed by atoms with van der Waals surface area (Å²) >= 11 is 0. The van der Waals surface area contributed by atoms with Crippen LogP contribution in [-0.4, -0.2) is 9.38 Å². The van der Waals surface area contributed by atoms with Crippen molar-refractivity contribution in [3.63, 3.8) is 0 Å². The molecule has 0 unspecified atom stereocenters. The molecule has 51 valence electrons. The quantitative estimate of drug-likeness (QED) is 0.550.